The zero-order valence-corrected chi connectivity index (χ0v) is 13.6. The monoisotopic (exact) mass is 309 g/mol. The van der Waals surface area contributed by atoms with Gasteiger partial charge in [0, 0.05) is 24.2 Å². The molecule has 1 rings (SSSR count). The molecule has 0 radical (unpaired) electrons. The largest absolute Gasteiger partial charge is 0.399 e. The number of thioether (sulfide) groups is 1. The number of nitrogen functional groups attached to an aromatic ring is 1. The maximum Gasteiger partial charge on any atom is 0.239 e. The van der Waals surface area contributed by atoms with Gasteiger partial charge in [0.15, 0.2) is 0 Å². The van der Waals surface area contributed by atoms with Crippen molar-refractivity contribution in [2.75, 3.05) is 31.6 Å². The van der Waals surface area contributed by atoms with Gasteiger partial charge in [0.25, 0.3) is 0 Å². The van der Waals surface area contributed by atoms with Gasteiger partial charge < -0.3 is 16.0 Å². The van der Waals surface area contributed by atoms with Crippen LogP contribution in [0.1, 0.15) is 18.9 Å². The molecular weight excluding hydrogens is 286 g/mol. The highest BCUT2D eigenvalue weighted by molar-refractivity contribution is 8.00. The van der Waals surface area contributed by atoms with Gasteiger partial charge in [-0.1, -0.05) is 6.92 Å². The second-order valence-electron chi connectivity index (χ2n) is 4.91. The lowest BCUT2D eigenvalue weighted by Crippen LogP contribution is -2.39. The minimum atomic E-state index is -0.124. The fourth-order valence-electron chi connectivity index (χ4n) is 1.62. The van der Waals surface area contributed by atoms with Gasteiger partial charge in [0.1, 0.15) is 0 Å². The van der Waals surface area contributed by atoms with Crippen molar-refractivity contribution in [2.24, 2.45) is 0 Å². The zero-order chi connectivity index (χ0) is 15.8. The first-order chi connectivity index (χ1) is 9.93. The first kappa shape index (κ1) is 17.4. The molecule has 0 spiro atoms. The molecule has 3 N–H and O–H groups in total. The molecular formula is C15H23N3O2S. The van der Waals surface area contributed by atoms with Crippen LogP contribution >= 0.6 is 11.8 Å². The van der Waals surface area contributed by atoms with Gasteiger partial charge >= 0.3 is 0 Å². The lowest BCUT2D eigenvalue weighted by Gasteiger charge is -2.16. The van der Waals surface area contributed by atoms with E-state index in [-0.39, 0.29) is 18.4 Å². The standard InChI is InChI=1S/C15H23N3O2S/c1-4-7-17-14(19)9-18(3)15(20)10-21-12-5-6-13(16)11(2)8-12/h5-6,8H,4,7,9-10,16H2,1-3H3,(H,17,19). The molecule has 2 amide bonds. The number of amides is 2. The Balaban J connectivity index is 2.41. The normalized spacial score (nSPS) is 10.2. The Kier molecular flexibility index (Phi) is 7.08. The molecule has 0 aliphatic heterocycles. The van der Waals surface area contributed by atoms with Gasteiger partial charge in [0.05, 0.1) is 12.3 Å². The Morgan fingerprint density at radius 1 is 1.38 bits per heavy atom. The van der Waals surface area contributed by atoms with Crippen molar-refractivity contribution in [3.05, 3.63) is 23.8 Å². The molecule has 0 saturated carbocycles. The van der Waals surface area contributed by atoms with Gasteiger partial charge in [-0.2, -0.15) is 0 Å². The summed E-state index contributed by atoms with van der Waals surface area (Å²) in [5, 5.41) is 2.75. The van der Waals surface area contributed by atoms with Crippen LogP contribution in [-0.2, 0) is 9.59 Å². The van der Waals surface area contributed by atoms with Crippen LogP contribution < -0.4 is 11.1 Å². The third-order valence-corrected chi connectivity index (χ3v) is 3.96. The Bertz CT molecular complexity index is 506. The van der Waals surface area contributed by atoms with E-state index in [1.54, 1.807) is 7.05 Å². The van der Waals surface area contributed by atoms with Gasteiger partial charge in [-0.3, -0.25) is 9.59 Å². The minimum Gasteiger partial charge on any atom is -0.399 e. The Hall–Kier alpha value is -1.69. The number of aryl methyl sites for hydroxylation is 1. The summed E-state index contributed by atoms with van der Waals surface area (Å²) >= 11 is 1.45. The molecule has 0 atom stereocenters. The first-order valence-electron chi connectivity index (χ1n) is 6.93. The van der Waals surface area contributed by atoms with Crippen LogP contribution in [-0.4, -0.2) is 42.6 Å². The highest BCUT2D eigenvalue weighted by Crippen LogP contribution is 2.22. The van der Waals surface area contributed by atoms with Crippen molar-refractivity contribution in [3.63, 3.8) is 0 Å². The summed E-state index contributed by atoms with van der Waals surface area (Å²) in [5.41, 5.74) is 7.50. The number of nitrogens with two attached hydrogens (primary N) is 1. The molecule has 21 heavy (non-hydrogen) atoms. The number of anilines is 1. The maximum absolute atomic E-state index is 12.0. The van der Waals surface area contributed by atoms with Gasteiger partial charge in [-0.05, 0) is 37.1 Å². The van der Waals surface area contributed by atoms with E-state index >= 15 is 0 Å². The molecule has 0 aliphatic carbocycles. The van der Waals surface area contributed by atoms with Crippen LogP contribution in [0.4, 0.5) is 5.69 Å². The molecule has 5 nitrogen and oxygen atoms in total. The number of carbonyl (C=O) groups is 2. The van der Waals surface area contributed by atoms with E-state index in [0.29, 0.717) is 12.3 Å². The van der Waals surface area contributed by atoms with Crippen LogP contribution in [0.2, 0.25) is 0 Å². The predicted molar refractivity (Wildman–Crippen MR) is 87.3 cm³/mol. The summed E-state index contributed by atoms with van der Waals surface area (Å²) < 4.78 is 0. The van der Waals surface area contributed by atoms with Crippen LogP contribution in [0.3, 0.4) is 0 Å². The van der Waals surface area contributed by atoms with Gasteiger partial charge in [-0.15, -0.1) is 11.8 Å². The van der Waals surface area contributed by atoms with E-state index in [4.69, 9.17) is 5.73 Å². The van der Waals surface area contributed by atoms with E-state index in [9.17, 15) is 9.59 Å². The van der Waals surface area contributed by atoms with Crippen LogP contribution in [0.5, 0.6) is 0 Å². The predicted octanol–water partition coefficient (Wildman–Crippen LogP) is 1.65. The molecule has 6 heteroatoms. The molecule has 0 aromatic heterocycles. The Labute approximate surface area is 130 Å². The smallest absolute Gasteiger partial charge is 0.239 e. The van der Waals surface area contributed by atoms with Gasteiger partial charge in [-0.25, -0.2) is 0 Å². The fourth-order valence-corrected chi connectivity index (χ4v) is 2.55. The fraction of sp³-hybridized carbons (Fsp3) is 0.467. The topological polar surface area (TPSA) is 75.4 Å². The van der Waals surface area contributed by atoms with E-state index in [0.717, 1.165) is 22.6 Å². The third kappa shape index (κ3) is 6.08. The van der Waals surface area contributed by atoms with Crippen molar-refractivity contribution in [2.45, 2.75) is 25.2 Å². The summed E-state index contributed by atoms with van der Waals surface area (Å²) in [6.07, 6.45) is 0.885. The number of carbonyl (C=O) groups excluding carboxylic acids is 2. The highest BCUT2D eigenvalue weighted by atomic mass is 32.2. The second-order valence-corrected chi connectivity index (χ2v) is 5.96. The number of rotatable bonds is 7. The molecule has 0 heterocycles. The van der Waals surface area contributed by atoms with E-state index < -0.39 is 0 Å². The molecule has 0 aliphatic rings. The highest BCUT2D eigenvalue weighted by Gasteiger charge is 2.13. The summed E-state index contributed by atoms with van der Waals surface area (Å²) in [6.45, 7) is 4.66. The van der Waals surface area contributed by atoms with E-state index in [1.807, 2.05) is 32.0 Å². The molecule has 0 unspecified atom stereocenters. The average molecular weight is 309 g/mol. The van der Waals surface area contributed by atoms with Gasteiger partial charge in [0.2, 0.25) is 11.8 Å². The second kappa shape index (κ2) is 8.56. The molecule has 0 bridgehead atoms. The number of hydrogen-bond acceptors (Lipinski definition) is 4. The number of benzene rings is 1. The Morgan fingerprint density at radius 3 is 2.71 bits per heavy atom. The SMILES string of the molecule is CCCNC(=O)CN(C)C(=O)CSc1ccc(N)c(C)c1. The summed E-state index contributed by atoms with van der Waals surface area (Å²) in [4.78, 5) is 26.0. The zero-order valence-electron chi connectivity index (χ0n) is 12.8. The van der Waals surface area contributed by atoms with Crippen molar-refractivity contribution in [1.82, 2.24) is 10.2 Å². The number of nitrogens with one attached hydrogen (secondary N) is 1. The maximum atomic E-state index is 12.0. The molecule has 0 saturated heterocycles. The van der Waals surface area contributed by atoms with Crippen molar-refractivity contribution in [3.8, 4) is 0 Å². The number of hydrogen-bond donors (Lipinski definition) is 2. The summed E-state index contributed by atoms with van der Waals surface area (Å²) in [7, 11) is 1.64. The third-order valence-electron chi connectivity index (χ3n) is 2.98. The Morgan fingerprint density at radius 2 is 2.10 bits per heavy atom. The summed E-state index contributed by atoms with van der Waals surface area (Å²) in [5.74, 6) is 0.114. The number of nitrogens with zero attached hydrogens (tertiary/aromatic N) is 1. The lowest BCUT2D eigenvalue weighted by atomic mass is 10.2. The average Bonchev–Trinajstić information content (AvgIpc) is 2.45. The van der Waals surface area contributed by atoms with Crippen molar-refractivity contribution in [1.29, 1.82) is 0 Å². The first-order valence-corrected chi connectivity index (χ1v) is 7.92. The molecule has 1 aromatic rings. The molecule has 1 aromatic carbocycles. The molecule has 116 valence electrons. The van der Waals surface area contributed by atoms with E-state index in [1.165, 1.54) is 16.7 Å². The lowest BCUT2D eigenvalue weighted by molar-refractivity contribution is -0.132. The quantitative estimate of drug-likeness (QED) is 0.593. The minimum absolute atomic E-state index is 0.0684. The number of likely N-dealkylation sites (N-methyl/N-ethyl adjacent to an activating group) is 1. The molecule has 0 fully saturated rings. The van der Waals surface area contributed by atoms with Crippen LogP contribution in [0, 0.1) is 6.92 Å². The summed E-state index contributed by atoms with van der Waals surface area (Å²) in [6, 6.07) is 5.69. The van der Waals surface area contributed by atoms with Crippen LogP contribution in [0.25, 0.3) is 0 Å². The van der Waals surface area contributed by atoms with E-state index in [2.05, 4.69) is 5.32 Å². The van der Waals surface area contributed by atoms with Crippen LogP contribution in [0.15, 0.2) is 23.1 Å². The van der Waals surface area contributed by atoms with Crippen molar-refractivity contribution >= 4 is 29.3 Å². The van der Waals surface area contributed by atoms with Crippen molar-refractivity contribution < 1.29 is 9.59 Å².